The maximum Gasteiger partial charge on any atom is 0.323 e. The summed E-state index contributed by atoms with van der Waals surface area (Å²) in [4.78, 5) is 34.6. The molecule has 0 bridgehead atoms. The van der Waals surface area contributed by atoms with E-state index < -0.39 is 11.6 Å². The molecular formula is C19H35NO6. The van der Waals surface area contributed by atoms with Crippen LogP contribution in [0.3, 0.4) is 0 Å². The minimum atomic E-state index is -0.538. The summed E-state index contributed by atoms with van der Waals surface area (Å²) in [6.45, 7) is 6.19. The molecule has 152 valence electrons. The number of esters is 3. The Morgan fingerprint density at radius 1 is 0.846 bits per heavy atom. The second-order valence-electron chi connectivity index (χ2n) is 7.25. The topological polar surface area (TPSA) is 90.9 Å². The second-order valence-corrected chi connectivity index (χ2v) is 7.25. The zero-order valence-electron chi connectivity index (χ0n) is 16.9. The number of hydrogen-bond acceptors (Lipinski definition) is 7. The van der Waals surface area contributed by atoms with Gasteiger partial charge < -0.3 is 19.5 Å². The molecule has 0 aliphatic rings. The number of nitrogens with one attached hydrogen (secondary N) is 1. The Morgan fingerprint density at radius 3 is 1.88 bits per heavy atom. The number of rotatable bonds is 13. The standard InChI is InChI=1S/C19H35NO6/c1-19(2,3)26-18(23)15(11-8-9-13-17(22)25-5)20-14-10-6-7-12-16(21)24-4/h15,20H,6-14H2,1-5H3. The SMILES string of the molecule is COC(=O)CCCCCNC(CCCCC(=O)OC)C(=O)OC(C)(C)C. The summed E-state index contributed by atoms with van der Waals surface area (Å²) >= 11 is 0. The summed E-state index contributed by atoms with van der Waals surface area (Å²) in [6.07, 6.45) is 5.29. The predicted octanol–water partition coefficient (Wildman–Crippen LogP) is 2.75. The first-order valence-electron chi connectivity index (χ1n) is 9.29. The van der Waals surface area contributed by atoms with E-state index in [1.54, 1.807) is 0 Å². The molecule has 1 atom stereocenters. The van der Waals surface area contributed by atoms with Crippen LogP contribution in [0.25, 0.3) is 0 Å². The van der Waals surface area contributed by atoms with E-state index in [2.05, 4.69) is 14.8 Å². The summed E-state index contributed by atoms with van der Waals surface area (Å²) in [7, 11) is 2.75. The van der Waals surface area contributed by atoms with Gasteiger partial charge in [-0.25, -0.2) is 0 Å². The third-order valence-electron chi connectivity index (χ3n) is 3.72. The van der Waals surface area contributed by atoms with Gasteiger partial charge in [-0.2, -0.15) is 0 Å². The Morgan fingerprint density at radius 2 is 1.38 bits per heavy atom. The number of carbonyl (C=O) groups is 3. The highest BCUT2D eigenvalue weighted by Gasteiger charge is 2.24. The molecule has 0 radical (unpaired) electrons. The molecule has 26 heavy (non-hydrogen) atoms. The van der Waals surface area contributed by atoms with Crippen molar-refractivity contribution < 1.29 is 28.6 Å². The van der Waals surface area contributed by atoms with Crippen LogP contribution < -0.4 is 5.32 Å². The van der Waals surface area contributed by atoms with E-state index in [9.17, 15) is 14.4 Å². The molecule has 0 heterocycles. The Balaban J connectivity index is 4.25. The van der Waals surface area contributed by atoms with Crippen LogP contribution in [0.15, 0.2) is 0 Å². The van der Waals surface area contributed by atoms with Crippen LogP contribution in [-0.2, 0) is 28.6 Å². The molecule has 0 rings (SSSR count). The lowest BCUT2D eigenvalue weighted by Gasteiger charge is -2.24. The van der Waals surface area contributed by atoms with Crippen molar-refractivity contribution >= 4 is 17.9 Å². The van der Waals surface area contributed by atoms with Crippen molar-refractivity contribution in [3.63, 3.8) is 0 Å². The molecule has 7 nitrogen and oxygen atoms in total. The fourth-order valence-electron chi connectivity index (χ4n) is 2.35. The Labute approximate surface area is 157 Å². The summed E-state index contributed by atoms with van der Waals surface area (Å²) in [5.41, 5.74) is -0.538. The maximum absolute atomic E-state index is 12.4. The number of unbranched alkanes of at least 4 members (excludes halogenated alkanes) is 3. The van der Waals surface area contributed by atoms with Gasteiger partial charge in [-0.15, -0.1) is 0 Å². The van der Waals surface area contributed by atoms with E-state index in [4.69, 9.17) is 4.74 Å². The first-order chi connectivity index (χ1) is 12.2. The van der Waals surface area contributed by atoms with E-state index in [1.807, 2.05) is 20.8 Å². The van der Waals surface area contributed by atoms with E-state index in [1.165, 1.54) is 14.2 Å². The molecule has 0 fully saturated rings. The normalized spacial score (nSPS) is 12.3. The van der Waals surface area contributed by atoms with Gasteiger partial charge in [0.1, 0.15) is 11.6 Å². The van der Waals surface area contributed by atoms with Gasteiger partial charge in [0.25, 0.3) is 0 Å². The molecule has 0 saturated carbocycles. The maximum atomic E-state index is 12.4. The summed E-state index contributed by atoms with van der Waals surface area (Å²) < 4.78 is 14.7. The molecule has 1 N–H and O–H groups in total. The summed E-state index contributed by atoms with van der Waals surface area (Å²) in [5, 5.41) is 3.24. The van der Waals surface area contributed by atoms with Crippen LogP contribution in [0.2, 0.25) is 0 Å². The number of ether oxygens (including phenoxy) is 3. The molecule has 0 amide bonds. The molecule has 0 aliphatic heterocycles. The minimum absolute atomic E-state index is 0.199. The molecule has 0 saturated heterocycles. The first kappa shape index (κ1) is 24.4. The fourth-order valence-corrected chi connectivity index (χ4v) is 2.35. The average molecular weight is 373 g/mol. The van der Waals surface area contributed by atoms with E-state index in [0.717, 1.165) is 25.7 Å². The highest BCUT2D eigenvalue weighted by atomic mass is 16.6. The lowest BCUT2D eigenvalue weighted by molar-refractivity contribution is -0.157. The summed E-state index contributed by atoms with van der Waals surface area (Å²) in [6, 6.07) is -0.396. The van der Waals surface area contributed by atoms with Crippen LogP contribution >= 0.6 is 0 Å². The van der Waals surface area contributed by atoms with Crippen molar-refractivity contribution in [3.8, 4) is 0 Å². The molecule has 0 aromatic rings. The van der Waals surface area contributed by atoms with Crippen LogP contribution in [0.4, 0.5) is 0 Å². The molecule has 7 heteroatoms. The lowest BCUT2D eigenvalue weighted by atomic mass is 10.1. The van der Waals surface area contributed by atoms with Crippen molar-refractivity contribution in [2.45, 2.75) is 83.8 Å². The van der Waals surface area contributed by atoms with E-state index >= 15 is 0 Å². The van der Waals surface area contributed by atoms with Crippen molar-refractivity contribution in [1.29, 1.82) is 0 Å². The van der Waals surface area contributed by atoms with Gasteiger partial charge in [-0.1, -0.05) is 12.8 Å². The van der Waals surface area contributed by atoms with Crippen LogP contribution in [0, 0.1) is 0 Å². The first-order valence-corrected chi connectivity index (χ1v) is 9.29. The summed E-state index contributed by atoms with van der Waals surface area (Å²) in [5.74, 6) is -0.710. The third-order valence-corrected chi connectivity index (χ3v) is 3.72. The zero-order valence-corrected chi connectivity index (χ0v) is 16.9. The molecule has 0 spiro atoms. The Hall–Kier alpha value is -1.63. The predicted molar refractivity (Wildman–Crippen MR) is 98.6 cm³/mol. The van der Waals surface area contributed by atoms with E-state index in [-0.39, 0.29) is 17.9 Å². The molecule has 0 aromatic heterocycles. The van der Waals surface area contributed by atoms with Gasteiger partial charge in [-0.05, 0) is 53.0 Å². The van der Waals surface area contributed by atoms with Gasteiger partial charge in [0, 0.05) is 12.8 Å². The molecule has 0 aliphatic carbocycles. The highest BCUT2D eigenvalue weighted by Crippen LogP contribution is 2.12. The van der Waals surface area contributed by atoms with Gasteiger partial charge >= 0.3 is 17.9 Å². The van der Waals surface area contributed by atoms with Crippen LogP contribution in [0.1, 0.15) is 72.1 Å². The zero-order chi connectivity index (χ0) is 20.0. The second kappa shape index (κ2) is 13.6. The number of methoxy groups -OCH3 is 2. The number of hydrogen-bond donors (Lipinski definition) is 1. The van der Waals surface area contributed by atoms with Crippen molar-refractivity contribution in [2.24, 2.45) is 0 Å². The minimum Gasteiger partial charge on any atom is -0.469 e. The van der Waals surface area contributed by atoms with Gasteiger partial charge in [-0.3, -0.25) is 14.4 Å². The molecule has 0 aromatic carbocycles. The average Bonchev–Trinajstić information content (AvgIpc) is 2.57. The largest absolute Gasteiger partial charge is 0.469 e. The van der Waals surface area contributed by atoms with Crippen molar-refractivity contribution in [1.82, 2.24) is 5.32 Å². The van der Waals surface area contributed by atoms with Gasteiger partial charge in [0.05, 0.1) is 14.2 Å². The molecule has 1 unspecified atom stereocenters. The fraction of sp³-hybridized carbons (Fsp3) is 0.842. The van der Waals surface area contributed by atoms with E-state index in [0.29, 0.717) is 32.2 Å². The highest BCUT2D eigenvalue weighted by molar-refractivity contribution is 5.76. The monoisotopic (exact) mass is 373 g/mol. The molecular weight excluding hydrogens is 338 g/mol. The number of carbonyl (C=O) groups excluding carboxylic acids is 3. The Bertz CT molecular complexity index is 430. The van der Waals surface area contributed by atoms with Crippen LogP contribution in [0.5, 0.6) is 0 Å². The van der Waals surface area contributed by atoms with Crippen LogP contribution in [-0.4, -0.2) is 50.3 Å². The van der Waals surface area contributed by atoms with Crippen molar-refractivity contribution in [3.05, 3.63) is 0 Å². The smallest absolute Gasteiger partial charge is 0.323 e. The van der Waals surface area contributed by atoms with Gasteiger partial charge in [0.2, 0.25) is 0 Å². The third kappa shape index (κ3) is 13.6. The lowest BCUT2D eigenvalue weighted by Crippen LogP contribution is -2.41. The Kier molecular flexibility index (Phi) is 12.7. The quantitative estimate of drug-likeness (QED) is 0.301. The van der Waals surface area contributed by atoms with Gasteiger partial charge in [0.15, 0.2) is 0 Å². The van der Waals surface area contributed by atoms with Crippen molar-refractivity contribution in [2.75, 3.05) is 20.8 Å².